The fourth-order valence-electron chi connectivity index (χ4n) is 3.31. The van der Waals surface area contributed by atoms with Crippen LogP contribution in [0.4, 0.5) is 0 Å². The first kappa shape index (κ1) is 26.6. The Bertz CT molecular complexity index is 880. The molecule has 2 atom stereocenters. The van der Waals surface area contributed by atoms with E-state index in [1.54, 1.807) is 17.0 Å². The molecule has 0 spiro atoms. The Hall–Kier alpha value is -1.69. The van der Waals surface area contributed by atoms with E-state index in [0.717, 1.165) is 17.5 Å². The molecule has 0 unspecified atom stereocenters. The molecule has 2 rings (SSSR count). The van der Waals surface area contributed by atoms with Gasteiger partial charge in [-0.2, -0.15) is 0 Å². The summed E-state index contributed by atoms with van der Waals surface area (Å²) in [7, 11) is 0. The van der Waals surface area contributed by atoms with Gasteiger partial charge in [0, 0.05) is 28.4 Å². The minimum absolute atomic E-state index is 0.0397. The molecule has 0 aliphatic carbocycles. The number of nitrogens with one attached hydrogen (secondary N) is 1. The largest absolute Gasteiger partial charge is 0.352 e. The van der Waals surface area contributed by atoms with Crippen molar-refractivity contribution in [2.45, 2.75) is 57.9 Å². The summed E-state index contributed by atoms with van der Waals surface area (Å²) in [4.78, 5) is 27.9. The van der Waals surface area contributed by atoms with Gasteiger partial charge in [-0.1, -0.05) is 73.4 Å². The minimum atomic E-state index is -0.486. The van der Waals surface area contributed by atoms with Crippen LogP contribution in [-0.4, -0.2) is 41.1 Å². The van der Waals surface area contributed by atoms with Gasteiger partial charge in [0.05, 0.1) is 5.75 Å². The van der Waals surface area contributed by atoms with Crippen LogP contribution in [0.5, 0.6) is 0 Å². The molecular formula is C25H32Cl2N2O2S. The van der Waals surface area contributed by atoms with Crippen LogP contribution in [-0.2, 0) is 21.8 Å². The highest BCUT2D eigenvalue weighted by Gasteiger charge is 2.28. The molecule has 0 fully saturated rings. The predicted molar refractivity (Wildman–Crippen MR) is 136 cm³/mol. The summed E-state index contributed by atoms with van der Waals surface area (Å²) >= 11 is 13.7. The van der Waals surface area contributed by atoms with Crippen LogP contribution in [0.25, 0.3) is 0 Å². The number of carbonyl (C=O) groups is 2. The lowest BCUT2D eigenvalue weighted by molar-refractivity contribution is -0.139. The lowest BCUT2D eigenvalue weighted by Crippen LogP contribution is -2.52. The second-order valence-corrected chi connectivity index (χ2v) is 9.62. The standard InChI is InChI=1S/C25H32Cl2N2O2S/c1-4-18(3)28-25(31)23(5-2)29(14-13-19-9-7-6-8-10-19)24(30)17-32-16-20-11-12-21(26)15-22(20)27/h6-12,15,18,23H,4-5,13-14,16-17H2,1-3H3,(H,28,31)/t18-,23+/m1/s1. The molecule has 4 nitrogen and oxygen atoms in total. The van der Waals surface area contributed by atoms with E-state index < -0.39 is 6.04 Å². The fourth-order valence-corrected chi connectivity index (χ4v) is 4.78. The lowest BCUT2D eigenvalue weighted by Gasteiger charge is -2.31. The number of nitrogens with zero attached hydrogens (tertiary/aromatic N) is 1. The summed E-state index contributed by atoms with van der Waals surface area (Å²) in [6, 6.07) is 15.0. The number of carbonyl (C=O) groups excluding carboxylic acids is 2. The van der Waals surface area contributed by atoms with Gasteiger partial charge >= 0.3 is 0 Å². The highest BCUT2D eigenvalue weighted by Crippen LogP contribution is 2.25. The topological polar surface area (TPSA) is 49.4 Å². The normalized spacial score (nSPS) is 12.8. The van der Waals surface area contributed by atoms with E-state index in [1.807, 2.05) is 57.2 Å². The number of thioether (sulfide) groups is 1. The Morgan fingerprint density at radius 2 is 1.78 bits per heavy atom. The smallest absolute Gasteiger partial charge is 0.243 e. The van der Waals surface area contributed by atoms with Crippen molar-refractivity contribution < 1.29 is 9.59 Å². The summed E-state index contributed by atoms with van der Waals surface area (Å²) in [6.07, 6.45) is 2.11. The van der Waals surface area contributed by atoms with Crippen LogP contribution in [0.2, 0.25) is 10.0 Å². The average Bonchev–Trinajstić information content (AvgIpc) is 2.78. The first-order valence-corrected chi connectivity index (χ1v) is 12.9. The summed E-state index contributed by atoms with van der Waals surface area (Å²) in [6.45, 7) is 6.46. The molecule has 0 radical (unpaired) electrons. The van der Waals surface area contributed by atoms with Crippen molar-refractivity contribution in [2.24, 2.45) is 0 Å². The third-order valence-electron chi connectivity index (χ3n) is 5.37. The van der Waals surface area contributed by atoms with Crippen molar-refractivity contribution in [2.75, 3.05) is 12.3 Å². The van der Waals surface area contributed by atoms with Gasteiger partial charge in [0.2, 0.25) is 11.8 Å². The predicted octanol–water partition coefficient (Wildman–Crippen LogP) is 5.99. The minimum Gasteiger partial charge on any atom is -0.352 e. The molecule has 2 aromatic carbocycles. The highest BCUT2D eigenvalue weighted by atomic mass is 35.5. The van der Waals surface area contributed by atoms with Crippen molar-refractivity contribution in [1.29, 1.82) is 0 Å². The Morgan fingerprint density at radius 3 is 2.41 bits per heavy atom. The second-order valence-electron chi connectivity index (χ2n) is 7.79. The van der Waals surface area contributed by atoms with Crippen molar-refractivity contribution in [1.82, 2.24) is 10.2 Å². The molecule has 174 valence electrons. The molecular weight excluding hydrogens is 463 g/mol. The first-order valence-electron chi connectivity index (χ1n) is 11.0. The second kappa shape index (κ2) is 13.8. The Balaban J connectivity index is 2.08. The molecule has 2 aromatic rings. The Kier molecular flexibility index (Phi) is 11.4. The lowest BCUT2D eigenvalue weighted by atomic mass is 10.1. The zero-order valence-corrected chi connectivity index (χ0v) is 21.3. The van der Waals surface area contributed by atoms with Gasteiger partial charge in [-0.15, -0.1) is 11.8 Å². The quantitative estimate of drug-likeness (QED) is 0.394. The molecule has 0 saturated carbocycles. The number of benzene rings is 2. The van der Waals surface area contributed by atoms with Gasteiger partial charge in [-0.3, -0.25) is 9.59 Å². The third-order valence-corrected chi connectivity index (χ3v) is 6.92. The summed E-state index contributed by atoms with van der Waals surface area (Å²) in [5, 5.41) is 4.22. The summed E-state index contributed by atoms with van der Waals surface area (Å²) in [5.74, 6) is 0.751. The van der Waals surface area contributed by atoms with Crippen LogP contribution in [0.15, 0.2) is 48.5 Å². The number of hydrogen-bond acceptors (Lipinski definition) is 3. The summed E-state index contributed by atoms with van der Waals surface area (Å²) < 4.78 is 0. The zero-order chi connectivity index (χ0) is 23.5. The van der Waals surface area contributed by atoms with Gasteiger partial charge in [0.15, 0.2) is 0 Å². The molecule has 32 heavy (non-hydrogen) atoms. The Morgan fingerprint density at radius 1 is 1.06 bits per heavy atom. The average molecular weight is 496 g/mol. The van der Waals surface area contributed by atoms with Gasteiger partial charge in [0.1, 0.15) is 6.04 Å². The van der Waals surface area contributed by atoms with Gasteiger partial charge in [-0.05, 0) is 49.4 Å². The highest BCUT2D eigenvalue weighted by molar-refractivity contribution is 7.99. The molecule has 0 heterocycles. The Labute approximate surface area is 206 Å². The van der Waals surface area contributed by atoms with Gasteiger partial charge in [0.25, 0.3) is 0 Å². The van der Waals surface area contributed by atoms with Crippen LogP contribution < -0.4 is 5.32 Å². The molecule has 0 saturated heterocycles. The SMILES string of the molecule is CC[C@@H](C)NC(=O)[C@H](CC)N(CCc1ccccc1)C(=O)CSCc1ccc(Cl)cc1Cl. The summed E-state index contributed by atoms with van der Waals surface area (Å²) in [5.41, 5.74) is 2.08. The van der Waals surface area contributed by atoms with E-state index >= 15 is 0 Å². The number of hydrogen-bond donors (Lipinski definition) is 1. The van der Waals surface area contributed by atoms with E-state index in [-0.39, 0.29) is 23.6 Å². The van der Waals surface area contributed by atoms with Crippen LogP contribution >= 0.6 is 35.0 Å². The van der Waals surface area contributed by atoms with Crippen molar-refractivity contribution in [3.8, 4) is 0 Å². The number of halogens is 2. The zero-order valence-electron chi connectivity index (χ0n) is 18.9. The first-order chi connectivity index (χ1) is 15.3. The molecule has 1 N–H and O–H groups in total. The van der Waals surface area contributed by atoms with E-state index in [4.69, 9.17) is 23.2 Å². The molecule has 7 heteroatoms. The third kappa shape index (κ3) is 8.34. The van der Waals surface area contributed by atoms with Crippen LogP contribution in [0.3, 0.4) is 0 Å². The fraction of sp³-hybridized carbons (Fsp3) is 0.440. The van der Waals surface area contributed by atoms with Crippen molar-refractivity contribution >= 4 is 46.8 Å². The van der Waals surface area contributed by atoms with E-state index in [0.29, 0.717) is 35.2 Å². The van der Waals surface area contributed by atoms with E-state index in [9.17, 15) is 9.59 Å². The molecule has 2 amide bonds. The molecule has 0 aliphatic heterocycles. The molecule has 0 aliphatic rings. The van der Waals surface area contributed by atoms with Gasteiger partial charge < -0.3 is 10.2 Å². The van der Waals surface area contributed by atoms with Crippen molar-refractivity contribution in [3.05, 3.63) is 69.7 Å². The van der Waals surface area contributed by atoms with E-state index in [2.05, 4.69) is 5.32 Å². The molecule has 0 bridgehead atoms. The maximum absolute atomic E-state index is 13.2. The molecule has 0 aromatic heterocycles. The van der Waals surface area contributed by atoms with Gasteiger partial charge in [-0.25, -0.2) is 0 Å². The number of rotatable bonds is 12. The van der Waals surface area contributed by atoms with Crippen molar-refractivity contribution in [3.63, 3.8) is 0 Å². The maximum Gasteiger partial charge on any atom is 0.243 e. The number of amides is 2. The monoisotopic (exact) mass is 494 g/mol. The van der Waals surface area contributed by atoms with Crippen LogP contribution in [0.1, 0.15) is 44.7 Å². The van der Waals surface area contributed by atoms with Crippen LogP contribution in [0, 0.1) is 0 Å². The van der Waals surface area contributed by atoms with E-state index in [1.165, 1.54) is 11.8 Å². The maximum atomic E-state index is 13.2.